The Balaban J connectivity index is 1.80. The number of hydrogen-bond acceptors (Lipinski definition) is 8. The Hall–Kier alpha value is -2.69. The zero-order valence-corrected chi connectivity index (χ0v) is 15.5. The monoisotopic (exact) mass is 397 g/mol. The predicted molar refractivity (Wildman–Crippen MR) is 93.2 cm³/mol. The van der Waals surface area contributed by atoms with Gasteiger partial charge in [-0.1, -0.05) is 13.8 Å². The number of carbonyl (C=O) groups is 2. The number of anilines is 1. The summed E-state index contributed by atoms with van der Waals surface area (Å²) in [6.07, 6.45) is -4.08. The summed E-state index contributed by atoms with van der Waals surface area (Å²) < 4.78 is 40.8. The van der Waals surface area contributed by atoms with E-state index in [1.165, 1.54) is 10.9 Å². The zero-order valence-electron chi connectivity index (χ0n) is 15.5. The van der Waals surface area contributed by atoms with Gasteiger partial charge in [-0.05, 0) is 6.42 Å². The number of nitrogen functional groups attached to an aromatic ring is 1. The van der Waals surface area contributed by atoms with Gasteiger partial charge in [-0.15, -0.1) is 0 Å². The average molecular weight is 397 g/mol. The SMILES string of the molecule is CCC(=O)CCC(=O)O[C@@H]1C(F)[C@H](n2cnc3c(N)nc(F)nc32)O[C@@H]1CC. The minimum absolute atomic E-state index is 0.0203. The molecule has 152 valence electrons. The molecule has 2 aromatic rings. The topological polar surface area (TPSA) is 122 Å². The summed E-state index contributed by atoms with van der Waals surface area (Å²) in [5, 5.41) is 0. The van der Waals surface area contributed by atoms with Crippen LogP contribution in [-0.4, -0.2) is 49.7 Å². The molecule has 11 heteroatoms. The second-order valence-corrected chi connectivity index (χ2v) is 6.47. The van der Waals surface area contributed by atoms with Crippen LogP contribution < -0.4 is 5.73 Å². The molecule has 1 unspecified atom stereocenters. The third kappa shape index (κ3) is 3.79. The average Bonchev–Trinajstić information content (AvgIpc) is 3.21. The molecule has 28 heavy (non-hydrogen) atoms. The van der Waals surface area contributed by atoms with E-state index in [0.29, 0.717) is 12.8 Å². The Bertz CT molecular complexity index is 890. The number of carbonyl (C=O) groups excluding carboxylic acids is 2. The Labute approximate surface area is 159 Å². The van der Waals surface area contributed by atoms with E-state index < -0.39 is 36.7 Å². The second-order valence-electron chi connectivity index (χ2n) is 6.47. The smallest absolute Gasteiger partial charge is 0.312 e. The number of fused-ring (bicyclic) bond motifs is 1. The van der Waals surface area contributed by atoms with Crippen molar-refractivity contribution in [3.8, 4) is 0 Å². The van der Waals surface area contributed by atoms with Gasteiger partial charge in [0.25, 0.3) is 0 Å². The maximum Gasteiger partial charge on any atom is 0.312 e. The van der Waals surface area contributed by atoms with Crippen molar-refractivity contribution in [2.45, 2.75) is 64.1 Å². The summed E-state index contributed by atoms with van der Waals surface area (Å²) in [6, 6.07) is 0. The maximum absolute atomic E-state index is 15.1. The summed E-state index contributed by atoms with van der Waals surface area (Å²) in [7, 11) is 0. The lowest BCUT2D eigenvalue weighted by Crippen LogP contribution is -2.33. The molecule has 0 amide bonds. The van der Waals surface area contributed by atoms with Gasteiger partial charge in [-0.25, -0.2) is 9.37 Å². The molecule has 3 heterocycles. The van der Waals surface area contributed by atoms with Crippen LogP contribution in [0.5, 0.6) is 0 Å². The van der Waals surface area contributed by atoms with Crippen molar-refractivity contribution < 1.29 is 27.8 Å². The number of halogens is 2. The van der Waals surface area contributed by atoms with Gasteiger partial charge in [-0.2, -0.15) is 14.4 Å². The van der Waals surface area contributed by atoms with Crippen LogP contribution in [0.4, 0.5) is 14.6 Å². The summed E-state index contributed by atoms with van der Waals surface area (Å²) >= 11 is 0. The van der Waals surface area contributed by atoms with Crippen molar-refractivity contribution in [3.05, 3.63) is 12.4 Å². The second kappa shape index (κ2) is 8.13. The van der Waals surface area contributed by atoms with Gasteiger partial charge in [0.15, 0.2) is 35.5 Å². The molecule has 1 saturated heterocycles. The molecule has 0 saturated carbocycles. The first-order valence-corrected chi connectivity index (χ1v) is 9.01. The molecule has 2 aromatic heterocycles. The third-order valence-corrected chi connectivity index (χ3v) is 4.63. The van der Waals surface area contributed by atoms with E-state index in [0.717, 1.165) is 0 Å². The highest BCUT2D eigenvalue weighted by atomic mass is 19.1. The number of ketones is 1. The van der Waals surface area contributed by atoms with Crippen molar-refractivity contribution in [2.75, 3.05) is 5.73 Å². The molecule has 1 aliphatic heterocycles. The largest absolute Gasteiger partial charge is 0.456 e. The van der Waals surface area contributed by atoms with Crippen molar-refractivity contribution in [3.63, 3.8) is 0 Å². The number of nitrogens with zero attached hydrogens (tertiary/aromatic N) is 4. The first kappa shape index (κ1) is 20.1. The van der Waals surface area contributed by atoms with Crippen LogP contribution in [0, 0.1) is 6.08 Å². The first-order valence-electron chi connectivity index (χ1n) is 9.01. The molecule has 0 bridgehead atoms. The lowest BCUT2D eigenvalue weighted by Gasteiger charge is -2.18. The van der Waals surface area contributed by atoms with Crippen LogP contribution >= 0.6 is 0 Å². The fraction of sp³-hybridized carbons (Fsp3) is 0.588. The molecule has 3 rings (SSSR count). The van der Waals surface area contributed by atoms with Crippen molar-refractivity contribution in [2.24, 2.45) is 0 Å². The van der Waals surface area contributed by atoms with Gasteiger partial charge >= 0.3 is 12.0 Å². The van der Waals surface area contributed by atoms with Gasteiger partial charge in [0, 0.05) is 12.8 Å². The van der Waals surface area contributed by atoms with E-state index in [9.17, 15) is 14.0 Å². The van der Waals surface area contributed by atoms with Gasteiger partial charge < -0.3 is 15.2 Å². The van der Waals surface area contributed by atoms with Crippen LogP contribution in [0.25, 0.3) is 11.2 Å². The van der Waals surface area contributed by atoms with E-state index in [1.54, 1.807) is 13.8 Å². The summed E-state index contributed by atoms with van der Waals surface area (Å²) in [5.74, 6) is -0.930. The predicted octanol–water partition coefficient (Wildman–Crippen LogP) is 1.86. The number of rotatable bonds is 7. The fourth-order valence-corrected chi connectivity index (χ4v) is 3.11. The maximum atomic E-state index is 15.1. The number of esters is 1. The van der Waals surface area contributed by atoms with Gasteiger partial charge in [0.2, 0.25) is 0 Å². The van der Waals surface area contributed by atoms with Gasteiger partial charge in [0.1, 0.15) is 11.9 Å². The number of aromatic nitrogens is 4. The van der Waals surface area contributed by atoms with Crippen molar-refractivity contribution in [1.82, 2.24) is 19.5 Å². The summed E-state index contributed by atoms with van der Waals surface area (Å²) in [4.78, 5) is 34.4. The van der Waals surface area contributed by atoms with Gasteiger partial charge in [-0.3, -0.25) is 14.2 Å². The molecular weight excluding hydrogens is 376 g/mol. The molecule has 0 radical (unpaired) electrons. The zero-order chi connectivity index (χ0) is 20.4. The highest BCUT2D eigenvalue weighted by Gasteiger charge is 2.48. The summed E-state index contributed by atoms with van der Waals surface area (Å²) in [6.45, 7) is 3.45. The molecular formula is C17H21F2N5O4. The van der Waals surface area contributed by atoms with E-state index >= 15 is 4.39 Å². The molecule has 0 spiro atoms. The van der Waals surface area contributed by atoms with Crippen molar-refractivity contribution in [1.29, 1.82) is 0 Å². The third-order valence-electron chi connectivity index (χ3n) is 4.63. The Kier molecular flexibility index (Phi) is 5.82. The number of alkyl halides is 1. The number of imidazole rings is 1. The Morgan fingerprint density at radius 1 is 1.32 bits per heavy atom. The molecule has 0 aliphatic carbocycles. The Morgan fingerprint density at radius 3 is 2.75 bits per heavy atom. The lowest BCUT2D eigenvalue weighted by atomic mass is 10.1. The normalized spacial score (nSPS) is 24.6. The highest BCUT2D eigenvalue weighted by Crippen LogP contribution is 2.37. The molecule has 1 aliphatic rings. The molecule has 0 aromatic carbocycles. The van der Waals surface area contributed by atoms with E-state index in [4.69, 9.17) is 15.2 Å². The summed E-state index contributed by atoms with van der Waals surface area (Å²) in [5.41, 5.74) is 5.72. The molecule has 4 atom stereocenters. The van der Waals surface area contributed by atoms with E-state index in [-0.39, 0.29) is 35.6 Å². The number of Topliss-reactive ketones (excluding diaryl/α,β-unsaturated/α-hetero) is 1. The number of ether oxygens (including phenoxy) is 2. The van der Waals surface area contributed by atoms with E-state index in [2.05, 4.69) is 15.0 Å². The number of hydrogen-bond donors (Lipinski definition) is 1. The standard InChI is InChI=1S/C17H21F2N5O4/c1-3-8(25)5-6-10(26)28-13-9(4-2)27-16(11(13)18)24-7-21-12-14(20)22-17(19)23-15(12)24/h7,9,11,13,16H,3-6H2,1-2H3,(H2,20,22,23)/t9-,11?,13+,16-/m1/s1. The minimum atomic E-state index is -1.74. The van der Waals surface area contributed by atoms with Crippen LogP contribution in [0.15, 0.2) is 6.33 Å². The van der Waals surface area contributed by atoms with Crippen LogP contribution in [0.1, 0.15) is 45.8 Å². The van der Waals surface area contributed by atoms with Crippen LogP contribution in [0.3, 0.4) is 0 Å². The Morgan fingerprint density at radius 2 is 2.07 bits per heavy atom. The van der Waals surface area contributed by atoms with Crippen LogP contribution in [0.2, 0.25) is 0 Å². The number of nitrogens with two attached hydrogens (primary N) is 1. The minimum Gasteiger partial charge on any atom is -0.456 e. The quantitative estimate of drug-likeness (QED) is 0.555. The van der Waals surface area contributed by atoms with Gasteiger partial charge in [0.05, 0.1) is 12.7 Å². The van der Waals surface area contributed by atoms with Crippen molar-refractivity contribution >= 4 is 28.7 Å². The first-order chi connectivity index (χ1) is 13.3. The van der Waals surface area contributed by atoms with E-state index in [1.807, 2.05) is 0 Å². The molecule has 9 nitrogen and oxygen atoms in total. The lowest BCUT2D eigenvalue weighted by molar-refractivity contribution is -0.154. The fourth-order valence-electron chi connectivity index (χ4n) is 3.11. The molecule has 2 N–H and O–H groups in total. The van der Waals surface area contributed by atoms with Crippen LogP contribution in [-0.2, 0) is 19.1 Å². The molecule has 1 fully saturated rings. The highest BCUT2D eigenvalue weighted by molar-refractivity contribution is 5.83.